The lowest BCUT2D eigenvalue weighted by molar-refractivity contribution is 0.171. The van der Waals surface area contributed by atoms with Crippen LogP contribution in [0.15, 0.2) is 12.1 Å². The summed E-state index contributed by atoms with van der Waals surface area (Å²) in [5.41, 5.74) is 0.756. The van der Waals surface area contributed by atoms with E-state index in [2.05, 4.69) is 4.90 Å². The molecule has 0 unspecified atom stereocenters. The van der Waals surface area contributed by atoms with Crippen molar-refractivity contribution in [2.24, 2.45) is 0 Å². The van der Waals surface area contributed by atoms with Crippen molar-refractivity contribution in [1.29, 1.82) is 0 Å². The van der Waals surface area contributed by atoms with Gasteiger partial charge in [-0.15, -0.1) is 0 Å². The molecule has 0 amide bonds. The average Bonchev–Trinajstić information content (AvgIpc) is 2.78. The van der Waals surface area contributed by atoms with Crippen LogP contribution in [0.25, 0.3) is 0 Å². The van der Waals surface area contributed by atoms with Crippen LogP contribution in [0.3, 0.4) is 0 Å². The molecule has 1 aliphatic heterocycles. The highest BCUT2D eigenvalue weighted by molar-refractivity contribution is 5.52. The van der Waals surface area contributed by atoms with E-state index in [-0.39, 0.29) is 24.3 Å². The Labute approximate surface area is 113 Å². The van der Waals surface area contributed by atoms with Crippen LogP contribution in [0.5, 0.6) is 17.2 Å². The van der Waals surface area contributed by atoms with Gasteiger partial charge in [-0.05, 0) is 20.0 Å². The largest absolute Gasteiger partial charge is 0.507 e. The van der Waals surface area contributed by atoms with E-state index in [0.29, 0.717) is 11.5 Å². The minimum Gasteiger partial charge on any atom is -0.507 e. The molecular weight excluding hydrogens is 246 g/mol. The van der Waals surface area contributed by atoms with Crippen LogP contribution in [0.1, 0.15) is 17.9 Å². The van der Waals surface area contributed by atoms with Gasteiger partial charge in [0.2, 0.25) is 0 Å². The van der Waals surface area contributed by atoms with E-state index >= 15 is 0 Å². The number of rotatable bonds is 4. The molecule has 1 aromatic rings. The zero-order valence-electron chi connectivity index (χ0n) is 11.6. The third-order valence-electron chi connectivity index (χ3n) is 3.93. The minimum atomic E-state index is 0.00759. The highest BCUT2D eigenvalue weighted by Gasteiger charge is 2.36. The van der Waals surface area contributed by atoms with E-state index in [4.69, 9.17) is 9.47 Å². The van der Waals surface area contributed by atoms with Crippen molar-refractivity contribution in [3.8, 4) is 17.2 Å². The molecule has 0 bridgehead atoms. The summed E-state index contributed by atoms with van der Waals surface area (Å²) in [6.07, 6.45) is 0.887. The Balaban J connectivity index is 2.44. The maximum Gasteiger partial charge on any atom is 0.129 e. The van der Waals surface area contributed by atoms with Crippen LogP contribution in [-0.4, -0.2) is 55.6 Å². The smallest absolute Gasteiger partial charge is 0.129 e. The quantitative estimate of drug-likeness (QED) is 0.858. The maximum absolute atomic E-state index is 10.2. The van der Waals surface area contributed by atoms with Gasteiger partial charge < -0.3 is 24.6 Å². The highest BCUT2D eigenvalue weighted by Crippen LogP contribution is 2.44. The third-order valence-corrected chi connectivity index (χ3v) is 3.93. The Morgan fingerprint density at radius 3 is 2.63 bits per heavy atom. The molecule has 0 spiro atoms. The number of ether oxygens (including phenoxy) is 2. The Hall–Kier alpha value is -1.46. The first kappa shape index (κ1) is 14.0. The summed E-state index contributed by atoms with van der Waals surface area (Å²) in [5, 5.41) is 19.8. The predicted octanol–water partition coefficient (Wildman–Crippen LogP) is 1.19. The Kier molecular flexibility index (Phi) is 4.17. The summed E-state index contributed by atoms with van der Waals surface area (Å²) in [7, 11) is 5.10. The lowest BCUT2D eigenvalue weighted by Gasteiger charge is -2.25. The van der Waals surface area contributed by atoms with Crippen LogP contribution in [0, 0.1) is 0 Å². The van der Waals surface area contributed by atoms with Gasteiger partial charge >= 0.3 is 0 Å². The molecule has 2 rings (SSSR count). The van der Waals surface area contributed by atoms with Crippen molar-refractivity contribution >= 4 is 0 Å². The number of aliphatic hydroxyl groups is 1. The number of aliphatic hydroxyl groups excluding tert-OH is 1. The van der Waals surface area contributed by atoms with Crippen molar-refractivity contribution < 1.29 is 19.7 Å². The molecule has 19 heavy (non-hydrogen) atoms. The van der Waals surface area contributed by atoms with E-state index in [1.807, 2.05) is 7.05 Å². The van der Waals surface area contributed by atoms with Crippen molar-refractivity contribution in [3.05, 3.63) is 17.7 Å². The Morgan fingerprint density at radius 1 is 1.32 bits per heavy atom. The standard InChI is InChI=1S/C14H21NO4/c1-15-5-4-10(11(15)8-16)14-12(17)6-9(18-2)7-13(14)19-3/h6-7,10-11,16-17H,4-5,8H2,1-3H3/t10-,11+/m1/s1. The van der Waals surface area contributed by atoms with Gasteiger partial charge in [0.15, 0.2) is 0 Å². The molecule has 5 heteroatoms. The lowest BCUT2D eigenvalue weighted by Crippen LogP contribution is -2.32. The number of likely N-dealkylation sites (tertiary alicyclic amines) is 1. The summed E-state index contributed by atoms with van der Waals surface area (Å²) < 4.78 is 10.5. The fraction of sp³-hybridized carbons (Fsp3) is 0.571. The molecule has 1 heterocycles. The molecule has 106 valence electrons. The molecule has 5 nitrogen and oxygen atoms in total. The maximum atomic E-state index is 10.2. The normalized spacial score (nSPS) is 23.6. The van der Waals surface area contributed by atoms with Crippen molar-refractivity contribution in [2.45, 2.75) is 18.4 Å². The van der Waals surface area contributed by atoms with Crippen molar-refractivity contribution in [2.75, 3.05) is 34.4 Å². The van der Waals surface area contributed by atoms with E-state index in [1.54, 1.807) is 26.4 Å². The highest BCUT2D eigenvalue weighted by atomic mass is 16.5. The molecule has 0 radical (unpaired) electrons. The number of nitrogens with zero attached hydrogens (tertiary/aromatic N) is 1. The number of hydrogen-bond acceptors (Lipinski definition) is 5. The number of aromatic hydroxyl groups is 1. The first-order valence-electron chi connectivity index (χ1n) is 6.38. The second-order valence-electron chi connectivity index (χ2n) is 4.89. The van der Waals surface area contributed by atoms with Crippen LogP contribution in [0.4, 0.5) is 0 Å². The molecular formula is C14H21NO4. The Morgan fingerprint density at radius 2 is 2.05 bits per heavy atom. The number of methoxy groups -OCH3 is 2. The first-order chi connectivity index (χ1) is 9.12. The number of hydrogen-bond donors (Lipinski definition) is 2. The number of phenolic OH excluding ortho intramolecular Hbond substituents is 1. The van der Waals surface area contributed by atoms with Gasteiger partial charge in [-0.3, -0.25) is 0 Å². The van der Waals surface area contributed by atoms with E-state index in [1.165, 1.54) is 0 Å². The molecule has 1 aromatic carbocycles. The lowest BCUT2D eigenvalue weighted by atomic mass is 9.90. The molecule has 0 aromatic heterocycles. The second kappa shape index (κ2) is 5.67. The van der Waals surface area contributed by atoms with Crippen LogP contribution in [-0.2, 0) is 0 Å². The summed E-state index contributed by atoms with van der Waals surface area (Å²) in [6, 6.07) is 3.36. The van der Waals surface area contributed by atoms with Crippen molar-refractivity contribution in [3.63, 3.8) is 0 Å². The molecule has 0 aliphatic carbocycles. The van der Waals surface area contributed by atoms with Gasteiger partial charge in [0.1, 0.15) is 17.2 Å². The molecule has 1 saturated heterocycles. The SMILES string of the molecule is COc1cc(O)c([C@@H]2CCN(C)[C@H]2CO)c(OC)c1. The summed E-state index contributed by atoms with van der Waals surface area (Å²) in [5.74, 6) is 1.39. The predicted molar refractivity (Wildman–Crippen MR) is 72.1 cm³/mol. The van der Waals surface area contributed by atoms with Gasteiger partial charge in [0.25, 0.3) is 0 Å². The number of likely N-dealkylation sites (N-methyl/N-ethyl adjacent to an activating group) is 1. The molecule has 1 aliphatic rings. The summed E-state index contributed by atoms with van der Waals surface area (Å²) in [4.78, 5) is 2.10. The third kappa shape index (κ3) is 2.48. The molecule has 2 N–H and O–H groups in total. The van der Waals surface area contributed by atoms with Gasteiger partial charge in [-0.1, -0.05) is 0 Å². The summed E-state index contributed by atoms with van der Waals surface area (Å²) >= 11 is 0. The molecule has 1 fully saturated rings. The average molecular weight is 267 g/mol. The minimum absolute atomic E-state index is 0.00759. The topological polar surface area (TPSA) is 62.2 Å². The van der Waals surface area contributed by atoms with E-state index in [9.17, 15) is 10.2 Å². The number of phenols is 1. The monoisotopic (exact) mass is 267 g/mol. The second-order valence-corrected chi connectivity index (χ2v) is 4.89. The van der Waals surface area contributed by atoms with Gasteiger partial charge in [0, 0.05) is 29.7 Å². The van der Waals surface area contributed by atoms with Crippen molar-refractivity contribution in [1.82, 2.24) is 4.90 Å². The Bertz CT molecular complexity index is 449. The number of benzene rings is 1. The fourth-order valence-corrected chi connectivity index (χ4v) is 2.86. The van der Waals surface area contributed by atoms with E-state index in [0.717, 1.165) is 18.5 Å². The first-order valence-corrected chi connectivity index (χ1v) is 6.38. The zero-order valence-corrected chi connectivity index (χ0v) is 11.6. The molecule has 2 atom stereocenters. The summed E-state index contributed by atoms with van der Waals surface area (Å²) in [6.45, 7) is 0.959. The zero-order chi connectivity index (χ0) is 14.0. The van der Waals surface area contributed by atoms with Crippen LogP contribution >= 0.6 is 0 Å². The fourth-order valence-electron chi connectivity index (χ4n) is 2.86. The van der Waals surface area contributed by atoms with Gasteiger partial charge in [0.05, 0.1) is 20.8 Å². The van der Waals surface area contributed by atoms with Gasteiger partial charge in [-0.25, -0.2) is 0 Å². The molecule has 0 saturated carbocycles. The van der Waals surface area contributed by atoms with Crippen LogP contribution < -0.4 is 9.47 Å². The van der Waals surface area contributed by atoms with Crippen LogP contribution in [0.2, 0.25) is 0 Å². The van der Waals surface area contributed by atoms with E-state index < -0.39 is 0 Å². The van der Waals surface area contributed by atoms with Gasteiger partial charge in [-0.2, -0.15) is 0 Å².